The summed E-state index contributed by atoms with van der Waals surface area (Å²) in [7, 11) is 0. The molecule has 2 aromatic rings. The Bertz CT molecular complexity index is 701. The second kappa shape index (κ2) is 6.95. The second-order valence-corrected chi connectivity index (χ2v) is 6.31. The predicted molar refractivity (Wildman–Crippen MR) is 94.0 cm³/mol. The van der Waals surface area contributed by atoms with Crippen LogP contribution in [0.1, 0.15) is 5.56 Å². The van der Waals surface area contributed by atoms with Gasteiger partial charge in [-0.3, -0.25) is 4.79 Å². The van der Waals surface area contributed by atoms with Crippen molar-refractivity contribution >= 4 is 39.8 Å². The summed E-state index contributed by atoms with van der Waals surface area (Å²) in [6.07, 6.45) is 2.65. The van der Waals surface area contributed by atoms with Crippen LogP contribution in [0.3, 0.4) is 0 Å². The van der Waals surface area contributed by atoms with Crippen molar-refractivity contribution in [2.75, 3.05) is 36.4 Å². The van der Waals surface area contributed by atoms with Gasteiger partial charge in [0.1, 0.15) is 5.82 Å². The molecule has 1 aliphatic heterocycles. The Kier molecular flexibility index (Phi) is 4.76. The van der Waals surface area contributed by atoms with E-state index in [0.29, 0.717) is 5.95 Å². The number of rotatable bonds is 4. The maximum absolute atomic E-state index is 10.8. The van der Waals surface area contributed by atoms with E-state index in [9.17, 15) is 4.79 Å². The molecule has 1 saturated heterocycles. The molecule has 2 heterocycles. The summed E-state index contributed by atoms with van der Waals surface area (Å²) in [4.78, 5) is 23.6. The Hall–Kier alpha value is -2.15. The quantitative estimate of drug-likeness (QED) is 0.832. The van der Waals surface area contributed by atoms with Gasteiger partial charge in [0, 0.05) is 42.5 Å². The number of hydrogen-bond acceptors (Lipinski definition) is 5. The molecule has 120 valence electrons. The van der Waals surface area contributed by atoms with E-state index in [0.717, 1.165) is 48.6 Å². The number of carbonyl (C=O) groups is 1. The van der Waals surface area contributed by atoms with Gasteiger partial charge in [0.2, 0.25) is 12.4 Å². The summed E-state index contributed by atoms with van der Waals surface area (Å²) >= 11 is 3.53. The highest BCUT2D eigenvalue weighted by molar-refractivity contribution is 9.10. The minimum Gasteiger partial charge on any atom is -0.353 e. The fraction of sp³-hybridized carbons (Fsp3) is 0.312. The van der Waals surface area contributed by atoms with Crippen molar-refractivity contribution < 1.29 is 4.79 Å². The van der Waals surface area contributed by atoms with E-state index in [1.54, 1.807) is 11.1 Å². The van der Waals surface area contributed by atoms with Crippen LogP contribution in [0, 0.1) is 6.92 Å². The number of nitrogens with one attached hydrogen (secondary N) is 1. The first-order valence-corrected chi connectivity index (χ1v) is 8.25. The molecule has 1 fully saturated rings. The summed E-state index contributed by atoms with van der Waals surface area (Å²) in [5.41, 5.74) is 2.11. The molecule has 0 aliphatic carbocycles. The lowest BCUT2D eigenvalue weighted by Gasteiger charge is -2.33. The molecule has 0 atom stereocenters. The first-order valence-electron chi connectivity index (χ1n) is 7.46. The highest BCUT2D eigenvalue weighted by Gasteiger charge is 2.17. The van der Waals surface area contributed by atoms with Crippen LogP contribution in [0.4, 0.5) is 17.5 Å². The van der Waals surface area contributed by atoms with Crippen molar-refractivity contribution in [1.82, 2.24) is 14.9 Å². The number of nitrogens with zero attached hydrogens (tertiary/aromatic N) is 4. The number of amides is 1. The summed E-state index contributed by atoms with van der Waals surface area (Å²) in [5, 5.41) is 3.23. The Labute approximate surface area is 143 Å². The Morgan fingerprint density at radius 3 is 2.70 bits per heavy atom. The number of anilines is 3. The molecule has 6 nitrogen and oxygen atoms in total. The maximum Gasteiger partial charge on any atom is 0.229 e. The topological polar surface area (TPSA) is 61.4 Å². The third-order valence-electron chi connectivity index (χ3n) is 3.86. The SMILES string of the molecule is Cc1ccc(Nc2nccc(N3CCN(C=O)CC3)n2)cc1Br. The van der Waals surface area contributed by atoms with Crippen LogP contribution >= 0.6 is 15.9 Å². The van der Waals surface area contributed by atoms with Crippen LogP contribution < -0.4 is 10.2 Å². The molecule has 0 radical (unpaired) electrons. The molecule has 0 spiro atoms. The largest absolute Gasteiger partial charge is 0.353 e. The standard InChI is InChI=1S/C16H18BrN5O/c1-12-2-3-13(10-14(12)17)19-16-18-5-4-15(20-16)22-8-6-21(11-23)7-9-22/h2-5,10-11H,6-9H2,1H3,(H,18,19,20). The average Bonchev–Trinajstić information content (AvgIpc) is 2.58. The number of carbonyl (C=O) groups excluding carboxylic acids is 1. The number of benzene rings is 1. The van der Waals surface area contributed by atoms with Crippen molar-refractivity contribution in [1.29, 1.82) is 0 Å². The molecule has 1 aromatic carbocycles. The van der Waals surface area contributed by atoms with E-state index in [1.165, 1.54) is 5.56 Å². The van der Waals surface area contributed by atoms with E-state index >= 15 is 0 Å². The van der Waals surface area contributed by atoms with Gasteiger partial charge in [-0.15, -0.1) is 0 Å². The normalized spacial score (nSPS) is 14.7. The van der Waals surface area contributed by atoms with Crippen molar-refractivity contribution in [2.45, 2.75) is 6.92 Å². The monoisotopic (exact) mass is 375 g/mol. The highest BCUT2D eigenvalue weighted by Crippen LogP contribution is 2.23. The number of piperazine rings is 1. The molecule has 0 unspecified atom stereocenters. The molecule has 0 saturated carbocycles. The predicted octanol–water partition coefficient (Wildman–Crippen LogP) is 2.57. The zero-order valence-corrected chi connectivity index (χ0v) is 14.5. The van der Waals surface area contributed by atoms with Gasteiger partial charge in [0.05, 0.1) is 0 Å². The fourth-order valence-corrected chi connectivity index (χ4v) is 2.82. The smallest absolute Gasteiger partial charge is 0.229 e. The van der Waals surface area contributed by atoms with Gasteiger partial charge in [-0.05, 0) is 30.7 Å². The van der Waals surface area contributed by atoms with E-state index in [1.807, 2.05) is 31.2 Å². The summed E-state index contributed by atoms with van der Waals surface area (Å²) in [5.74, 6) is 1.44. The van der Waals surface area contributed by atoms with E-state index in [4.69, 9.17) is 0 Å². The number of halogens is 1. The van der Waals surface area contributed by atoms with Crippen LogP contribution in [-0.4, -0.2) is 47.5 Å². The Balaban J connectivity index is 1.72. The molecule has 23 heavy (non-hydrogen) atoms. The van der Waals surface area contributed by atoms with E-state index in [2.05, 4.69) is 36.1 Å². The highest BCUT2D eigenvalue weighted by atomic mass is 79.9. The fourth-order valence-electron chi connectivity index (χ4n) is 2.44. The van der Waals surface area contributed by atoms with Gasteiger partial charge in [0.15, 0.2) is 0 Å². The van der Waals surface area contributed by atoms with Gasteiger partial charge in [0.25, 0.3) is 0 Å². The Morgan fingerprint density at radius 2 is 2.00 bits per heavy atom. The third-order valence-corrected chi connectivity index (χ3v) is 4.71. The minimum absolute atomic E-state index is 0.566. The summed E-state index contributed by atoms with van der Waals surface area (Å²) in [6, 6.07) is 7.94. The lowest BCUT2D eigenvalue weighted by atomic mass is 10.2. The molecule has 1 aliphatic rings. The summed E-state index contributed by atoms with van der Waals surface area (Å²) < 4.78 is 1.05. The lowest BCUT2D eigenvalue weighted by Crippen LogP contribution is -2.46. The summed E-state index contributed by atoms with van der Waals surface area (Å²) in [6.45, 7) is 5.06. The molecular formula is C16H18BrN5O. The maximum atomic E-state index is 10.8. The van der Waals surface area contributed by atoms with E-state index in [-0.39, 0.29) is 0 Å². The third kappa shape index (κ3) is 3.79. The second-order valence-electron chi connectivity index (χ2n) is 5.46. The number of aryl methyl sites for hydroxylation is 1. The van der Waals surface area contributed by atoms with Crippen molar-refractivity contribution in [3.8, 4) is 0 Å². The number of aromatic nitrogens is 2. The first-order chi connectivity index (χ1) is 11.2. The Morgan fingerprint density at radius 1 is 1.22 bits per heavy atom. The molecule has 1 aromatic heterocycles. The molecular weight excluding hydrogens is 358 g/mol. The van der Waals surface area contributed by atoms with Crippen molar-refractivity contribution in [2.24, 2.45) is 0 Å². The van der Waals surface area contributed by atoms with Gasteiger partial charge in [-0.25, -0.2) is 4.98 Å². The first kappa shape index (κ1) is 15.7. The average molecular weight is 376 g/mol. The number of hydrogen-bond donors (Lipinski definition) is 1. The van der Waals surface area contributed by atoms with Gasteiger partial charge in [-0.1, -0.05) is 22.0 Å². The molecule has 1 N–H and O–H groups in total. The van der Waals surface area contributed by atoms with Gasteiger partial charge < -0.3 is 15.1 Å². The van der Waals surface area contributed by atoms with Gasteiger partial charge >= 0.3 is 0 Å². The van der Waals surface area contributed by atoms with Crippen molar-refractivity contribution in [3.05, 3.63) is 40.5 Å². The molecule has 1 amide bonds. The molecule has 7 heteroatoms. The van der Waals surface area contributed by atoms with Crippen LogP contribution in [0.25, 0.3) is 0 Å². The zero-order chi connectivity index (χ0) is 16.2. The molecule has 3 rings (SSSR count). The zero-order valence-electron chi connectivity index (χ0n) is 12.9. The van der Waals surface area contributed by atoms with Crippen molar-refractivity contribution in [3.63, 3.8) is 0 Å². The molecule has 0 bridgehead atoms. The van der Waals surface area contributed by atoms with Gasteiger partial charge in [-0.2, -0.15) is 4.98 Å². The van der Waals surface area contributed by atoms with Crippen LogP contribution in [0.2, 0.25) is 0 Å². The van der Waals surface area contributed by atoms with Crippen LogP contribution in [-0.2, 0) is 4.79 Å². The van der Waals surface area contributed by atoms with E-state index < -0.39 is 0 Å². The minimum atomic E-state index is 0.566. The van der Waals surface area contributed by atoms with Crippen LogP contribution in [0.15, 0.2) is 34.9 Å². The lowest BCUT2D eigenvalue weighted by molar-refractivity contribution is -0.118. The van der Waals surface area contributed by atoms with Crippen LogP contribution in [0.5, 0.6) is 0 Å².